The third kappa shape index (κ3) is 4.09. The average molecular weight is 337 g/mol. The lowest BCUT2D eigenvalue weighted by Crippen LogP contribution is -2.40. The molecule has 1 amide bonds. The summed E-state index contributed by atoms with van der Waals surface area (Å²) >= 11 is 0. The quantitative estimate of drug-likeness (QED) is 0.816. The Hall–Kier alpha value is -2.17. The van der Waals surface area contributed by atoms with Crippen molar-refractivity contribution in [3.05, 3.63) is 70.8 Å². The fourth-order valence-corrected chi connectivity index (χ4v) is 3.50. The van der Waals surface area contributed by atoms with Gasteiger partial charge in [-0.25, -0.2) is 0 Å². The van der Waals surface area contributed by atoms with Gasteiger partial charge < -0.3 is 10.6 Å². The Kier molecular flexibility index (Phi) is 5.84. The summed E-state index contributed by atoms with van der Waals surface area (Å²) in [4.78, 5) is 15.1. The molecular weight excluding hydrogens is 310 g/mol. The van der Waals surface area contributed by atoms with Crippen LogP contribution in [0.5, 0.6) is 0 Å². The van der Waals surface area contributed by atoms with Crippen LogP contribution in [-0.4, -0.2) is 23.9 Å². The number of hydrogen-bond donors (Lipinski definition) is 2. The van der Waals surface area contributed by atoms with Gasteiger partial charge in [0.05, 0.1) is 0 Å². The van der Waals surface area contributed by atoms with Crippen LogP contribution < -0.4 is 10.6 Å². The van der Waals surface area contributed by atoms with Crippen LogP contribution in [0, 0.1) is 0 Å². The summed E-state index contributed by atoms with van der Waals surface area (Å²) in [7, 11) is 0. The number of amides is 1. The van der Waals surface area contributed by atoms with E-state index in [-0.39, 0.29) is 11.9 Å². The molecule has 4 nitrogen and oxygen atoms in total. The van der Waals surface area contributed by atoms with Gasteiger partial charge in [0.15, 0.2) is 0 Å². The normalized spacial score (nSPS) is 14.4. The van der Waals surface area contributed by atoms with Gasteiger partial charge in [-0.15, -0.1) is 0 Å². The minimum atomic E-state index is -0.243. The van der Waals surface area contributed by atoms with Crippen molar-refractivity contribution in [1.82, 2.24) is 15.5 Å². The van der Waals surface area contributed by atoms with Crippen molar-refractivity contribution < 1.29 is 4.79 Å². The summed E-state index contributed by atoms with van der Waals surface area (Å²) in [6.07, 6.45) is 0. The van der Waals surface area contributed by atoms with Crippen LogP contribution in [0.1, 0.15) is 42.1 Å². The predicted molar refractivity (Wildman–Crippen MR) is 101 cm³/mol. The van der Waals surface area contributed by atoms with Crippen molar-refractivity contribution in [2.45, 2.75) is 39.5 Å². The van der Waals surface area contributed by atoms with Gasteiger partial charge in [-0.3, -0.25) is 9.69 Å². The van der Waals surface area contributed by atoms with Crippen molar-refractivity contribution >= 4 is 5.91 Å². The zero-order chi connectivity index (χ0) is 17.6. The number of rotatable bonds is 7. The van der Waals surface area contributed by atoms with Gasteiger partial charge in [0.2, 0.25) is 5.91 Å². The third-order valence-electron chi connectivity index (χ3n) is 4.91. The summed E-state index contributed by atoms with van der Waals surface area (Å²) in [5.41, 5.74) is 4.90. The van der Waals surface area contributed by atoms with E-state index in [2.05, 4.69) is 47.6 Å². The number of nitrogens with zero attached hydrogens (tertiary/aromatic N) is 1. The molecular formula is C21H27N3O. The minimum Gasteiger partial charge on any atom is -0.350 e. The highest BCUT2D eigenvalue weighted by molar-refractivity contribution is 5.83. The van der Waals surface area contributed by atoms with E-state index < -0.39 is 0 Å². The van der Waals surface area contributed by atoms with Gasteiger partial charge in [0.1, 0.15) is 6.04 Å². The van der Waals surface area contributed by atoms with Crippen molar-refractivity contribution in [1.29, 1.82) is 0 Å². The van der Waals surface area contributed by atoms with Crippen LogP contribution in [0.25, 0.3) is 0 Å². The summed E-state index contributed by atoms with van der Waals surface area (Å²) in [5.74, 6) is 0.0634. The van der Waals surface area contributed by atoms with E-state index in [0.29, 0.717) is 6.54 Å². The van der Waals surface area contributed by atoms with Gasteiger partial charge in [0.25, 0.3) is 0 Å². The molecule has 4 heteroatoms. The molecule has 0 saturated heterocycles. The molecule has 2 aromatic rings. The van der Waals surface area contributed by atoms with Crippen LogP contribution in [-0.2, 0) is 24.4 Å². The molecule has 1 heterocycles. The molecule has 2 N–H and O–H groups in total. The fraction of sp³-hybridized carbons (Fsp3) is 0.381. The van der Waals surface area contributed by atoms with Crippen molar-refractivity contribution in [2.75, 3.05) is 13.1 Å². The number of fused-ring (bicyclic) bond motifs is 1. The van der Waals surface area contributed by atoms with E-state index >= 15 is 0 Å². The number of hydrogen-bond acceptors (Lipinski definition) is 3. The fourth-order valence-electron chi connectivity index (χ4n) is 3.50. The molecule has 1 unspecified atom stereocenters. The summed E-state index contributed by atoms with van der Waals surface area (Å²) in [5, 5.41) is 6.49. The Bertz CT molecular complexity index is 710. The summed E-state index contributed by atoms with van der Waals surface area (Å²) in [6.45, 7) is 8.31. The Labute approximate surface area is 150 Å². The van der Waals surface area contributed by atoms with Gasteiger partial charge >= 0.3 is 0 Å². The number of carbonyl (C=O) groups is 1. The number of carbonyl (C=O) groups excluding carboxylic acids is 1. The zero-order valence-electron chi connectivity index (χ0n) is 15.1. The second kappa shape index (κ2) is 8.28. The lowest BCUT2D eigenvalue weighted by molar-refractivity contribution is -0.126. The monoisotopic (exact) mass is 337 g/mol. The van der Waals surface area contributed by atoms with E-state index in [4.69, 9.17) is 0 Å². The molecule has 25 heavy (non-hydrogen) atoms. The highest BCUT2D eigenvalue weighted by Crippen LogP contribution is 2.21. The van der Waals surface area contributed by atoms with Gasteiger partial charge in [-0.05, 0) is 35.3 Å². The van der Waals surface area contributed by atoms with Gasteiger partial charge in [0, 0.05) is 19.6 Å². The van der Waals surface area contributed by atoms with E-state index in [9.17, 15) is 4.79 Å². The predicted octanol–water partition coefficient (Wildman–Crippen LogP) is 2.99. The SMILES string of the molecule is CCN(CC)C(C(=O)NCc1ccc2c(c1)CNC2)c1ccccc1. The first-order valence-corrected chi connectivity index (χ1v) is 9.11. The topological polar surface area (TPSA) is 44.4 Å². The molecule has 0 bridgehead atoms. The van der Waals surface area contributed by atoms with Crippen LogP contribution >= 0.6 is 0 Å². The number of nitrogens with one attached hydrogen (secondary N) is 2. The molecule has 0 spiro atoms. The maximum Gasteiger partial charge on any atom is 0.242 e. The molecule has 1 aliphatic rings. The average Bonchev–Trinajstić information content (AvgIpc) is 3.12. The second-order valence-corrected chi connectivity index (χ2v) is 6.46. The van der Waals surface area contributed by atoms with Crippen molar-refractivity contribution in [2.24, 2.45) is 0 Å². The van der Waals surface area contributed by atoms with Gasteiger partial charge in [-0.1, -0.05) is 62.4 Å². The lowest BCUT2D eigenvalue weighted by atomic mass is 10.0. The second-order valence-electron chi connectivity index (χ2n) is 6.46. The number of likely N-dealkylation sites (N-methyl/N-ethyl adjacent to an activating group) is 1. The van der Waals surface area contributed by atoms with E-state index in [1.165, 1.54) is 11.1 Å². The standard InChI is InChI=1S/C21H27N3O/c1-3-24(4-2)20(17-8-6-5-7-9-17)21(25)23-13-16-10-11-18-14-22-15-19(18)12-16/h5-12,20,22H,3-4,13-15H2,1-2H3,(H,23,25). The Morgan fingerprint density at radius 1 is 1.08 bits per heavy atom. The van der Waals surface area contributed by atoms with Crippen molar-refractivity contribution in [3.63, 3.8) is 0 Å². The smallest absolute Gasteiger partial charge is 0.242 e. The first kappa shape index (κ1) is 17.6. The third-order valence-corrected chi connectivity index (χ3v) is 4.91. The molecule has 0 aliphatic carbocycles. The number of benzene rings is 2. The molecule has 2 aromatic carbocycles. The highest BCUT2D eigenvalue weighted by atomic mass is 16.2. The maximum atomic E-state index is 12.9. The Morgan fingerprint density at radius 2 is 1.80 bits per heavy atom. The van der Waals surface area contributed by atoms with Gasteiger partial charge in [-0.2, -0.15) is 0 Å². The maximum absolute atomic E-state index is 12.9. The van der Waals surface area contributed by atoms with Crippen molar-refractivity contribution in [3.8, 4) is 0 Å². The molecule has 3 rings (SSSR count). The molecule has 0 aromatic heterocycles. The molecule has 0 fully saturated rings. The van der Waals surface area contributed by atoms with E-state index in [1.807, 2.05) is 30.3 Å². The van der Waals surface area contributed by atoms with Crippen LogP contribution in [0.4, 0.5) is 0 Å². The Balaban J connectivity index is 1.72. The van der Waals surface area contributed by atoms with E-state index in [0.717, 1.165) is 37.3 Å². The minimum absolute atomic E-state index is 0.0634. The largest absolute Gasteiger partial charge is 0.350 e. The molecule has 1 atom stereocenters. The van der Waals surface area contributed by atoms with Crippen LogP contribution in [0.15, 0.2) is 48.5 Å². The first-order chi connectivity index (χ1) is 12.2. The zero-order valence-corrected chi connectivity index (χ0v) is 15.1. The van der Waals surface area contributed by atoms with E-state index in [1.54, 1.807) is 0 Å². The molecule has 132 valence electrons. The summed E-state index contributed by atoms with van der Waals surface area (Å²) in [6, 6.07) is 16.3. The Morgan fingerprint density at radius 3 is 2.52 bits per heavy atom. The highest BCUT2D eigenvalue weighted by Gasteiger charge is 2.25. The molecule has 0 saturated carbocycles. The van der Waals surface area contributed by atoms with Crippen LogP contribution in [0.2, 0.25) is 0 Å². The van der Waals surface area contributed by atoms with Crippen LogP contribution in [0.3, 0.4) is 0 Å². The lowest BCUT2D eigenvalue weighted by Gasteiger charge is -2.29. The molecule has 0 radical (unpaired) electrons. The molecule has 1 aliphatic heterocycles. The summed E-state index contributed by atoms with van der Waals surface area (Å²) < 4.78 is 0. The first-order valence-electron chi connectivity index (χ1n) is 9.11.